The van der Waals surface area contributed by atoms with Crippen LogP contribution in [0.2, 0.25) is 0 Å². The lowest BCUT2D eigenvalue weighted by Crippen LogP contribution is -2.17. The first-order chi connectivity index (χ1) is 11.9. The van der Waals surface area contributed by atoms with Crippen LogP contribution in [0.4, 0.5) is 24.5 Å². The maximum absolute atomic E-state index is 12.9. The van der Waals surface area contributed by atoms with Crippen molar-refractivity contribution in [1.29, 1.82) is 0 Å². The predicted octanol–water partition coefficient (Wildman–Crippen LogP) is 3.80. The normalized spacial score (nSPS) is 11.2. The van der Waals surface area contributed by atoms with Crippen LogP contribution in [0.3, 0.4) is 0 Å². The zero-order valence-electron chi connectivity index (χ0n) is 13.6. The van der Waals surface area contributed by atoms with Gasteiger partial charge in [0.2, 0.25) is 0 Å². The highest BCUT2D eigenvalue weighted by atomic mass is 19.4. The van der Waals surface area contributed by atoms with Gasteiger partial charge >= 0.3 is 6.18 Å². The number of nitrogens with zero attached hydrogens (tertiary/aromatic N) is 1. The van der Waals surface area contributed by atoms with Crippen molar-refractivity contribution in [1.82, 2.24) is 4.98 Å². The van der Waals surface area contributed by atoms with Crippen molar-refractivity contribution in [2.75, 3.05) is 30.9 Å². The molecular formula is C17H18F3N3O2. The van der Waals surface area contributed by atoms with Gasteiger partial charge in [0, 0.05) is 20.3 Å². The first-order valence-corrected chi connectivity index (χ1v) is 7.58. The van der Waals surface area contributed by atoms with Crippen LogP contribution < -0.4 is 10.6 Å². The number of methoxy groups -OCH3 is 1. The number of hydrogen-bond donors (Lipinski definition) is 2. The molecule has 25 heavy (non-hydrogen) atoms. The first-order valence-electron chi connectivity index (χ1n) is 7.58. The fourth-order valence-corrected chi connectivity index (χ4v) is 2.11. The number of nitrogens with one attached hydrogen (secondary N) is 2. The summed E-state index contributed by atoms with van der Waals surface area (Å²) in [4.78, 5) is 16.1. The van der Waals surface area contributed by atoms with Gasteiger partial charge in [-0.25, -0.2) is 4.98 Å². The molecule has 0 bridgehead atoms. The molecule has 1 aromatic heterocycles. The van der Waals surface area contributed by atoms with Crippen LogP contribution in [-0.4, -0.2) is 31.2 Å². The molecule has 5 nitrogen and oxygen atoms in total. The molecule has 2 aromatic rings. The van der Waals surface area contributed by atoms with E-state index in [1.807, 2.05) is 0 Å². The Morgan fingerprint density at radius 3 is 2.60 bits per heavy atom. The smallest absolute Gasteiger partial charge is 0.385 e. The maximum Gasteiger partial charge on any atom is 0.418 e. The zero-order valence-corrected chi connectivity index (χ0v) is 13.6. The number of carbonyl (C=O) groups excluding carboxylic acids is 1. The Kier molecular flexibility index (Phi) is 6.35. The summed E-state index contributed by atoms with van der Waals surface area (Å²) in [5.41, 5.74) is -0.467. The number of anilines is 2. The number of rotatable bonds is 7. The Morgan fingerprint density at radius 1 is 1.20 bits per heavy atom. The highest BCUT2D eigenvalue weighted by molar-refractivity contribution is 6.03. The molecule has 2 rings (SSSR count). The number of hydrogen-bond acceptors (Lipinski definition) is 4. The third kappa shape index (κ3) is 5.46. The summed E-state index contributed by atoms with van der Waals surface area (Å²) in [5, 5.41) is 5.36. The Balaban J connectivity index is 2.02. The van der Waals surface area contributed by atoms with Gasteiger partial charge in [-0.2, -0.15) is 13.2 Å². The summed E-state index contributed by atoms with van der Waals surface area (Å²) < 4.78 is 43.8. The van der Waals surface area contributed by atoms with Crippen molar-refractivity contribution in [2.45, 2.75) is 12.6 Å². The first kappa shape index (κ1) is 18.7. The second kappa shape index (κ2) is 8.48. The molecule has 1 amide bonds. The molecule has 8 heteroatoms. The minimum absolute atomic E-state index is 0.0272. The van der Waals surface area contributed by atoms with Crippen LogP contribution in [0.25, 0.3) is 0 Å². The zero-order chi connectivity index (χ0) is 18.3. The Labute approximate surface area is 143 Å². The van der Waals surface area contributed by atoms with E-state index in [1.54, 1.807) is 13.2 Å². The molecule has 134 valence electrons. The van der Waals surface area contributed by atoms with E-state index in [0.29, 0.717) is 18.8 Å². The number of para-hydroxylation sites is 1. The van der Waals surface area contributed by atoms with E-state index in [-0.39, 0.29) is 11.4 Å². The summed E-state index contributed by atoms with van der Waals surface area (Å²) in [5.74, 6) is -0.706. The predicted molar refractivity (Wildman–Crippen MR) is 88.6 cm³/mol. The highest BCUT2D eigenvalue weighted by Crippen LogP contribution is 2.34. The van der Waals surface area contributed by atoms with Gasteiger partial charge in [-0.1, -0.05) is 12.1 Å². The fraction of sp³-hybridized carbons (Fsp3) is 0.294. The second-order valence-electron chi connectivity index (χ2n) is 5.20. The number of ether oxygens (including phenoxy) is 1. The lowest BCUT2D eigenvalue weighted by Gasteiger charge is -2.13. The molecule has 0 radical (unpaired) electrons. The topological polar surface area (TPSA) is 63.2 Å². The molecule has 0 spiro atoms. The Morgan fingerprint density at radius 2 is 1.96 bits per heavy atom. The van der Waals surface area contributed by atoms with Crippen LogP contribution in [0.1, 0.15) is 22.5 Å². The minimum Gasteiger partial charge on any atom is -0.385 e. The maximum atomic E-state index is 12.9. The van der Waals surface area contributed by atoms with Gasteiger partial charge in [-0.15, -0.1) is 0 Å². The van der Waals surface area contributed by atoms with Gasteiger partial charge < -0.3 is 15.4 Å². The largest absolute Gasteiger partial charge is 0.418 e. The van der Waals surface area contributed by atoms with E-state index in [2.05, 4.69) is 15.6 Å². The van der Waals surface area contributed by atoms with Gasteiger partial charge in [0.05, 0.1) is 23.1 Å². The number of carbonyl (C=O) groups is 1. The van der Waals surface area contributed by atoms with Gasteiger partial charge in [0.15, 0.2) is 0 Å². The molecule has 0 saturated carbocycles. The van der Waals surface area contributed by atoms with Crippen molar-refractivity contribution in [3.8, 4) is 0 Å². The van der Waals surface area contributed by atoms with E-state index in [4.69, 9.17) is 4.74 Å². The highest BCUT2D eigenvalue weighted by Gasteiger charge is 2.33. The second-order valence-corrected chi connectivity index (χ2v) is 5.20. The van der Waals surface area contributed by atoms with Crippen LogP contribution in [0, 0.1) is 0 Å². The number of alkyl halides is 3. The van der Waals surface area contributed by atoms with Gasteiger partial charge in [-0.05, 0) is 30.7 Å². The molecule has 0 aliphatic heterocycles. The molecule has 0 aliphatic carbocycles. The summed E-state index contributed by atoms with van der Waals surface area (Å²) in [6.07, 6.45) is -2.28. The van der Waals surface area contributed by atoms with Crippen molar-refractivity contribution in [3.05, 3.63) is 53.9 Å². The van der Waals surface area contributed by atoms with E-state index < -0.39 is 17.6 Å². The molecular weight excluding hydrogens is 335 g/mol. The van der Waals surface area contributed by atoms with Crippen LogP contribution in [0.15, 0.2) is 42.6 Å². The Hall–Kier alpha value is -2.61. The monoisotopic (exact) mass is 353 g/mol. The van der Waals surface area contributed by atoms with Gasteiger partial charge in [-0.3, -0.25) is 4.79 Å². The van der Waals surface area contributed by atoms with Crippen molar-refractivity contribution < 1.29 is 22.7 Å². The van der Waals surface area contributed by atoms with Crippen LogP contribution in [-0.2, 0) is 10.9 Å². The van der Waals surface area contributed by atoms with Crippen LogP contribution in [0.5, 0.6) is 0 Å². The van der Waals surface area contributed by atoms with E-state index in [1.165, 1.54) is 30.5 Å². The lowest BCUT2D eigenvalue weighted by atomic mass is 10.1. The number of halogens is 3. The summed E-state index contributed by atoms with van der Waals surface area (Å²) in [7, 11) is 1.62. The van der Waals surface area contributed by atoms with E-state index in [9.17, 15) is 18.0 Å². The number of aromatic nitrogens is 1. The molecule has 0 atom stereocenters. The molecule has 0 fully saturated rings. The molecule has 2 N–H and O–H groups in total. The average Bonchev–Trinajstić information content (AvgIpc) is 2.59. The molecule has 0 aliphatic rings. The molecule has 1 aromatic carbocycles. The quantitative estimate of drug-likeness (QED) is 0.743. The third-order valence-electron chi connectivity index (χ3n) is 3.33. The van der Waals surface area contributed by atoms with Crippen LogP contribution >= 0.6 is 0 Å². The summed E-state index contributed by atoms with van der Waals surface area (Å²) >= 11 is 0. The molecule has 0 unspecified atom stereocenters. The number of amides is 1. The van der Waals surface area contributed by atoms with Crippen molar-refractivity contribution in [2.24, 2.45) is 0 Å². The average molecular weight is 353 g/mol. The molecule has 1 heterocycles. The SMILES string of the molecule is COCCCNc1ccc(C(=O)Nc2ccccc2C(F)(F)F)nc1. The van der Waals surface area contributed by atoms with E-state index >= 15 is 0 Å². The van der Waals surface area contributed by atoms with Gasteiger partial charge in [0.1, 0.15) is 5.69 Å². The lowest BCUT2D eigenvalue weighted by molar-refractivity contribution is -0.136. The standard InChI is InChI=1S/C17H18F3N3O2/c1-25-10-4-9-21-12-7-8-15(22-11-12)16(24)23-14-6-3-2-5-13(14)17(18,19)20/h2-3,5-8,11,21H,4,9-10H2,1H3,(H,23,24). The fourth-order valence-electron chi connectivity index (χ4n) is 2.11. The number of benzene rings is 1. The van der Waals surface area contributed by atoms with Crippen molar-refractivity contribution in [3.63, 3.8) is 0 Å². The van der Waals surface area contributed by atoms with E-state index in [0.717, 1.165) is 12.5 Å². The van der Waals surface area contributed by atoms with Crippen molar-refractivity contribution >= 4 is 17.3 Å². The molecule has 0 saturated heterocycles. The third-order valence-corrected chi connectivity index (χ3v) is 3.33. The van der Waals surface area contributed by atoms with Gasteiger partial charge in [0.25, 0.3) is 5.91 Å². The minimum atomic E-state index is -4.55. The summed E-state index contributed by atoms with van der Waals surface area (Å²) in [6, 6.07) is 7.89. The summed E-state index contributed by atoms with van der Waals surface area (Å²) in [6.45, 7) is 1.31. The Bertz CT molecular complexity index is 703. The number of pyridine rings is 1.